The van der Waals surface area contributed by atoms with Gasteiger partial charge in [-0.1, -0.05) is 49.1 Å². The van der Waals surface area contributed by atoms with E-state index in [1.165, 1.54) is 19.3 Å². The lowest BCUT2D eigenvalue weighted by atomic mass is 9.86. The van der Waals surface area contributed by atoms with Crippen LogP contribution in [0.25, 0.3) is 22.9 Å². The van der Waals surface area contributed by atoms with Crippen LogP contribution < -0.4 is 9.47 Å². The lowest BCUT2D eigenvalue weighted by Crippen LogP contribution is -2.11. The van der Waals surface area contributed by atoms with E-state index in [9.17, 15) is 4.79 Å². The van der Waals surface area contributed by atoms with E-state index in [1.54, 1.807) is 13.2 Å². The number of carboxylic acid groups (broad SMARTS) is 1. The van der Waals surface area contributed by atoms with Gasteiger partial charge < -0.3 is 14.6 Å². The number of halogens is 1. The SMILES string of the molecule is COc1ccc(-c2ccc(Cl)cc2)c(COc2ccc(-n3nc(C=CC(=O)O)cc3C3CCCCC3)cc2)c1. The van der Waals surface area contributed by atoms with Crippen LogP contribution in [0.4, 0.5) is 0 Å². The van der Waals surface area contributed by atoms with Crippen LogP contribution in [-0.4, -0.2) is 28.0 Å². The highest BCUT2D eigenvalue weighted by Gasteiger charge is 2.21. The van der Waals surface area contributed by atoms with E-state index >= 15 is 0 Å². The van der Waals surface area contributed by atoms with E-state index in [0.717, 1.165) is 58.5 Å². The Morgan fingerprint density at radius 3 is 2.41 bits per heavy atom. The number of rotatable bonds is 9. The largest absolute Gasteiger partial charge is 0.497 e. The predicted octanol–water partition coefficient (Wildman–Crippen LogP) is 7.93. The third-order valence-electron chi connectivity index (χ3n) is 7.12. The molecule has 0 saturated heterocycles. The second kappa shape index (κ2) is 12.2. The number of carbonyl (C=O) groups is 1. The molecule has 0 radical (unpaired) electrons. The molecule has 1 aromatic heterocycles. The van der Waals surface area contributed by atoms with Crippen molar-refractivity contribution in [3.63, 3.8) is 0 Å². The molecule has 5 rings (SSSR count). The molecule has 1 heterocycles. The van der Waals surface area contributed by atoms with E-state index in [0.29, 0.717) is 23.2 Å². The fourth-order valence-corrected chi connectivity index (χ4v) is 5.25. The summed E-state index contributed by atoms with van der Waals surface area (Å²) in [4.78, 5) is 11.0. The molecule has 1 aliphatic rings. The summed E-state index contributed by atoms with van der Waals surface area (Å²) < 4.78 is 13.6. The molecule has 1 saturated carbocycles. The zero-order valence-electron chi connectivity index (χ0n) is 21.8. The molecule has 39 heavy (non-hydrogen) atoms. The van der Waals surface area contributed by atoms with Gasteiger partial charge in [0.1, 0.15) is 18.1 Å². The summed E-state index contributed by atoms with van der Waals surface area (Å²) in [6.45, 7) is 0.369. The first kappa shape index (κ1) is 26.6. The topological polar surface area (TPSA) is 73.6 Å². The number of methoxy groups -OCH3 is 1. The number of hydrogen-bond acceptors (Lipinski definition) is 4. The average Bonchev–Trinajstić information content (AvgIpc) is 3.40. The number of aromatic nitrogens is 2. The highest BCUT2D eigenvalue weighted by molar-refractivity contribution is 6.30. The summed E-state index contributed by atoms with van der Waals surface area (Å²) >= 11 is 6.09. The zero-order valence-corrected chi connectivity index (χ0v) is 22.6. The van der Waals surface area contributed by atoms with Gasteiger partial charge in [-0.15, -0.1) is 0 Å². The first-order valence-electron chi connectivity index (χ1n) is 13.2. The Kier molecular flexibility index (Phi) is 8.33. The van der Waals surface area contributed by atoms with Gasteiger partial charge in [-0.25, -0.2) is 9.48 Å². The van der Waals surface area contributed by atoms with Gasteiger partial charge in [-0.3, -0.25) is 0 Å². The quantitative estimate of drug-likeness (QED) is 0.217. The number of carboxylic acids is 1. The molecule has 3 aromatic carbocycles. The van der Waals surface area contributed by atoms with E-state index in [2.05, 4.69) is 0 Å². The van der Waals surface area contributed by atoms with E-state index in [1.807, 2.05) is 77.5 Å². The lowest BCUT2D eigenvalue weighted by molar-refractivity contribution is -0.131. The Balaban J connectivity index is 1.37. The Labute approximate surface area is 233 Å². The van der Waals surface area contributed by atoms with Crippen molar-refractivity contribution in [2.24, 2.45) is 0 Å². The summed E-state index contributed by atoms with van der Waals surface area (Å²) in [6, 6.07) is 23.6. The molecule has 7 heteroatoms. The molecule has 0 atom stereocenters. The number of ether oxygens (including phenoxy) is 2. The molecular formula is C32H31ClN2O4. The third-order valence-corrected chi connectivity index (χ3v) is 7.37. The van der Waals surface area contributed by atoms with E-state index in [-0.39, 0.29) is 0 Å². The average molecular weight is 543 g/mol. The fraction of sp³-hybridized carbons (Fsp3) is 0.250. The molecule has 0 unspecified atom stereocenters. The van der Waals surface area contributed by atoms with Crippen LogP contribution in [-0.2, 0) is 11.4 Å². The minimum absolute atomic E-state index is 0.369. The third kappa shape index (κ3) is 6.52. The molecule has 6 nitrogen and oxygen atoms in total. The van der Waals surface area contributed by atoms with Crippen molar-refractivity contribution in [2.75, 3.05) is 7.11 Å². The second-order valence-electron chi connectivity index (χ2n) is 9.72. The van der Waals surface area contributed by atoms with Crippen LogP contribution in [0.15, 0.2) is 78.9 Å². The van der Waals surface area contributed by atoms with Crippen molar-refractivity contribution in [1.29, 1.82) is 0 Å². The highest BCUT2D eigenvalue weighted by Crippen LogP contribution is 2.35. The first-order valence-corrected chi connectivity index (χ1v) is 13.5. The lowest BCUT2D eigenvalue weighted by Gasteiger charge is -2.22. The summed E-state index contributed by atoms with van der Waals surface area (Å²) in [5, 5.41) is 14.5. The maximum absolute atomic E-state index is 11.0. The highest BCUT2D eigenvalue weighted by atomic mass is 35.5. The Hall–Kier alpha value is -4.03. The van der Waals surface area contributed by atoms with Crippen LogP contribution in [0.1, 0.15) is 55.0 Å². The first-order chi connectivity index (χ1) is 19.0. The van der Waals surface area contributed by atoms with Gasteiger partial charge in [0.15, 0.2) is 0 Å². The summed E-state index contributed by atoms with van der Waals surface area (Å²) in [7, 11) is 1.65. The molecule has 1 fully saturated rings. The molecular weight excluding hydrogens is 512 g/mol. The van der Waals surface area contributed by atoms with Gasteiger partial charge in [0.05, 0.1) is 18.5 Å². The molecule has 0 bridgehead atoms. The molecule has 1 aliphatic carbocycles. The van der Waals surface area contributed by atoms with Gasteiger partial charge in [-0.2, -0.15) is 5.10 Å². The number of nitrogens with zero attached hydrogens (tertiary/aromatic N) is 2. The van der Waals surface area contributed by atoms with Crippen molar-refractivity contribution >= 4 is 23.6 Å². The molecule has 0 amide bonds. The number of aliphatic carboxylic acids is 1. The van der Waals surface area contributed by atoms with Gasteiger partial charge in [0.25, 0.3) is 0 Å². The smallest absolute Gasteiger partial charge is 0.328 e. The monoisotopic (exact) mass is 542 g/mol. The van der Waals surface area contributed by atoms with Gasteiger partial charge in [0, 0.05) is 28.3 Å². The minimum Gasteiger partial charge on any atom is -0.497 e. The van der Waals surface area contributed by atoms with Crippen molar-refractivity contribution in [3.8, 4) is 28.3 Å². The van der Waals surface area contributed by atoms with Gasteiger partial charge in [-0.05, 0) is 84.6 Å². The molecule has 1 N–H and O–H groups in total. The normalized spacial score (nSPS) is 14.0. The van der Waals surface area contributed by atoms with E-state index < -0.39 is 5.97 Å². The zero-order chi connectivity index (χ0) is 27.2. The molecule has 4 aromatic rings. The van der Waals surface area contributed by atoms with Crippen molar-refractivity contribution in [3.05, 3.63) is 101 Å². The van der Waals surface area contributed by atoms with Crippen LogP contribution >= 0.6 is 11.6 Å². The summed E-state index contributed by atoms with van der Waals surface area (Å²) in [5.74, 6) is 0.929. The summed E-state index contributed by atoms with van der Waals surface area (Å²) in [6.07, 6.45) is 8.57. The minimum atomic E-state index is -0.986. The van der Waals surface area contributed by atoms with E-state index in [4.69, 9.17) is 31.3 Å². The standard InChI is InChI=1S/C32H31ClN2O4/c1-38-29-16-17-30(22-7-9-25(33)10-8-22)24(19-29)21-39-28-14-12-27(13-15-28)35-31(23-5-3-2-4-6-23)20-26(34-35)11-18-32(36)37/h7-20,23H,2-6,21H2,1H3,(H,36,37). The van der Waals surface area contributed by atoms with Crippen molar-refractivity contribution < 1.29 is 19.4 Å². The van der Waals surface area contributed by atoms with Crippen molar-refractivity contribution in [2.45, 2.75) is 44.6 Å². The Morgan fingerprint density at radius 2 is 1.72 bits per heavy atom. The van der Waals surface area contributed by atoms with Gasteiger partial charge >= 0.3 is 5.97 Å². The Bertz CT molecular complexity index is 1450. The van der Waals surface area contributed by atoms with Crippen LogP contribution in [0.2, 0.25) is 5.02 Å². The maximum Gasteiger partial charge on any atom is 0.328 e. The molecule has 0 aliphatic heterocycles. The summed E-state index contributed by atoms with van der Waals surface area (Å²) in [5.41, 5.74) is 5.80. The van der Waals surface area contributed by atoms with Crippen LogP contribution in [0.5, 0.6) is 11.5 Å². The fourth-order valence-electron chi connectivity index (χ4n) is 5.12. The van der Waals surface area contributed by atoms with Crippen LogP contribution in [0, 0.1) is 0 Å². The second-order valence-corrected chi connectivity index (χ2v) is 10.2. The number of benzene rings is 3. The predicted molar refractivity (Wildman–Crippen MR) is 154 cm³/mol. The molecule has 200 valence electrons. The molecule has 0 spiro atoms. The van der Waals surface area contributed by atoms with Crippen LogP contribution in [0.3, 0.4) is 0 Å². The Morgan fingerprint density at radius 1 is 1.00 bits per heavy atom. The van der Waals surface area contributed by atoms with Crippen molar-refractivity contribution in [1.82, 2.24) is 9.78 Å². The maximum atomic E-state index is 11.0. The van der Waals surface area contributed by atoms with Gasteiger partial charge in [0.2, 0.25) is 0 Å². The number of hydrogen-bond donors (Lipinski definition) is 1.